The highest BCUT2D eigenvalue weighted by molar-refractivity contribution is 6.31. The monoisotopic (exact) mass is 371 g/mol. The number of hydrogen-bond donors (Lipinski definition) is 3. The molecule has 7 nitrogen and oxygen atoms in total. The Morgan fingerprint density at radius 3 is 2.85 bits per heavy atom. The highest BCUT2D eigenvalue weighted by Crippen LogP contribution is 2.60. The number of aryl methyl sites for hydroxylation is 1. The maximum absolute atomic E-state index is 12.3. The van der Waals surface area contributed by atoms with E-state index < -0.39 is 5.60 Å². The summed E-state index contributed by atoms with van der Waals surface area (Å²) in [5.41, 5.74) is 1.27. The lowest BCUT2D eigenvalue weighted by Gasteiger charge is -2.27. The van der Waals surface area contributed by atoms with Crippen molar-refractivity contribution in [3.8, 4) is 0 Å². The third-order valence-corrected chi connectivity index (χ3v) is 5.99. The van der Waals surface area contributed by atoms with E-state index in [1.165, 1.54) is 0 Å². The first-order valence-corrected chi connectivity index (χ1v) is 8.97. The van der Waals surface area contributed by atoms with Crippen molar-refractivity contribution in [2.24, 2.45) is 18.9 Å². The Bertz CT molecular complexity index is 1010. The van der Waals surface area contributed by atoms with E-state index in [2.05, 4.69) is 20.6 Å². The number of rotatable bonds is 3. The third kappa shape index (κ3) is 2.34. The molecular formula is C18H18ClN5O2. The molecular weight excluding hydrogens is 354 g/mol. The van der Waals surface area contributed by atoms with Crippen molar-refractivity contribution >= 4 is 28.4 Å². The Morgan fingerprint density at radius 2 is 2.15 bits per heavy atom. The number of carbonyl (C=O) groups excluding carboxylic acids is 1. The Kier molecular flexibility index (Phi) is 3.24. The van der Waals surface area contributed by atoms with E-state index in [1.54, 1.807) is 30.3 Å². The molecule has 2 aliphatic rings. The summed E-state index contributed by atoms with van der Waals surface area (Å²) in [6.45, 7) is 0. The number of aromatic nitrogens is 4. The minimum Gasteiger partial charge on any atom is -0.385 e. The summed E-state index contributed by atoms with van der Waals surface area (Å²) in [6.07, 6.45) is 6.20. The number of benzene rings is 1. The van der Waals surface area contributed by atoms with Gasteiger partial charge in [0, 0.05) is 29.7 Å². The summed E-state index contributed by atoms with van der Waals surface area (Å²) in [5, 5.41) is 26.8. The minimum atomic E-state index is -0.933. The minimum absolute atomic E-state index is 0.110. The number of fused-ring (bicyclic) bond motifs is 2. The molecule has 0 saturated heterocycles. The number of aromatic amines is 1. The summed E-state index contributed by atoms with van der Waals surface area (Å²) in [4.78, 5) is 12.3. The van der Waals surface area contributed by atoms with Crippen LogP contribution in [0.1, 0.15) is 28.8 Å². The first-order valence-electron chi connectivity index (χ1n) is 8.60. The van der Waals surface area contributed by atoms with Gasteiger partial charge < -0.3 is 10.4 Å². The van der Waals surface area contributed by atoms with Gasteiger partial charge in [0.05, 0.1) is 29.1 Å². The molecule has 3 N–H and O–H groups in total. The zero-order valence-electron chi connectivity index (χ0n) is 14.1. The summed E-state index contributed by atoms with van der Waals surface area (Å²) < 4.78 is 1.61. The Balaban J connectivity index is 1.33. The molecule has 2 atom stereocenters. The van der Waals surface area contributed by atoms with Crippen LogP contribution in [-0.4, -0.2) is 37.0 Å². The molecule has 2 aromatic heterocycles. The van der Waals surface area contributed by atoms with E-state index in [4.69, 9.17) is 11.6 Å². The van der Waals surface area contributed by atoms with Gasteiger partial charge in [-0.1, -0.05) is 11.6 Å². The normalized spacial score (nSPS) is 29.7. The van der Waals surface area contributed by atoms with Crippen molar-refractivity contribution in [3.63, 3.8) is 0 Å². The van der Waals surface area contributed by atoms with Crippen LogP contribution in [-0.2, 0) is 12.6 Å². The second-order valence-corrected chi connectivity index (χ2v) is 7.89. The molecule has 2 saturated carbocycles. The van der Waals surface area contributed by atoms with Crippen molar-refractivity contribution < 1.29 is 9.90 Å². The van der Waals surface area contributed by atoms with Crippen molar-refractivity contribution in [3.05, 3.63) is 46.9 Å². The summed E-state index contributed by atoms with van der Waals surface area (Å²) in [7, 11) is 1.78. The number of halogens is 1. The smallest absolute Gasteiger partial charge is 0.254 e. The number of hydrogen-bond acceptors (Lipinski definition) is 4. The fourth-order valence-corrected chi connectivity index (χ4v) is 4.69. The van der Waals surface area contributed by atoms with E-state index in [0.717, 1.165) is 16.5 Å². The van der Waals surface area contributed by atoms with Gasteiger partial charge in [0.2, 0.25) is 0 Å². The van der Waals surface area contributed by atoms with Crippen LogP contribution < -0.4 is 5.32 Å². The third-order valence-electron chi connectivity index (χ3n) is 5.77. The van der Waals surface area contributed by atoms with Crippen molar-refractivity contribution in [1.29, 1.82) is 0 Å². The predicted octanol–water partition coefficient (Wildman–Crippen LogP) is 1.98. The first-order chi connectivity index (χ1) is 12.4. The first kappa shape index (κ1) is 15.8. The van der Waals surface area contributed by atoms with Gasteiger partial charge in [-0.3, -0.25) is 14.6 Å². The van der Waals surface area contributed by atoms with Crippen molar-refractivity contribution in [1.82, 2.24) is 25.3 Å². The van der Waals surface area contributed by atoms with E-state index in [9.17, 15) is 9.90 Å². The van der Waals surface area contributed by atoms with Gasteiger partial charge >= 0.3 is 0 Å². The molecule has 0 radical (unpaired) electrons. The van der Waals surface area contributed by atoms with E-state index in [1.807, 2.05) is 12.1 Å². The molecule has 8 heteroatoms. The number of nitrogens with zero attached hydrogens (tertiary/aromatic N) is 3. The van der Waals surface area contributed by atoms with Gasteiger partial charge in [-0.05, 0) is 42.4 Å². The average Bonchev–Trinajstić information content (AvgIpc) is 3.06. The zero-order valence-corrected chi connectivity index (χ0v) is 14.9. The highest BCUT2D eigenvalue weighted by Gasteiger charge is 2.62. The van der Waals surface area contributed by atoms with E-state index in [-0.39, 0.29) is 23.8 Å². The maximum atomic E-state index is 12.3. The van der Waals surface area contributed by atoms with Gasteiger partial charge in [-0.2, -0.15) is 10.2 Å². The molecule has 2 fully saturated rings. The Hall–Kier alpha value is -2.38. The summed E-state index contributed by atoms with van der Waals surface area (Å²) >= 11 is 6.21. The lowest BCUT2D eigenvalue weighted by Crippen LogP contribution is -2.33. The average molecular weight is 372 g/mol. The van der Waals surface area contributed by atoms with Gasteiger partial charge in [0.15, 0.2) is 0 Å². The number of carbonyl (C=O) groups is 1. The van der Waals surface area contributed by atoms with Gasteiger partial charge in [-0.25, -0.2) is 0 Å². The topological polar surface area (TPSA) is 95.8 Å². The number of H-pyrrole nitrogens is 1. The second kappa shape index (κ2) is 5.31. The predicted molar refractivity (Wildman–Crippen MR) is 95.7 cm³/mol. The number of amides is 1. The molecule has 2 aliphatic carbocycles. The zero-order chi connectivity index (χ0) is 18.1. The van der Waals surface area contributed by atoms with Crippen LogP contribution in [0, 0.1) is 11.8 Å². The quantitative estimate of drug-likeness (QED) is 0.656. The fraction of sp³-hybridized carbons (Fsp3) is 0.389. The molecule has 0 aliphatic heterocycles. The second-order valence-electron chi connectivity index (χ2n) is 7.45. The molecule has 0 bridgehead atoms. The molecule has 2 unspecified atom stereocenters. The van der Waals surface area contributed by atoms with E-state index >= 15 is 0 Å². The molecule has 5 rings (SSSR count). The Labute approximate surface area is 154 Å². The largest absolute Gasteiger partial charge is 0.385 e. The molecule has 2 heterocycles. The van der Waals surface area contributed by atoms with Crippen LogP contribution in [0.15, 0.2) is 30.7 Å². The van der Waals surface area contributed by atoms with Gasteiger partial charge in [0.25, 0.3) is 5.91 Å². The van der Waals surface area contributed by atoms with Crippen LogP contribution >= 0.6 is 11.6 Å². The lowest BCUT2D eigenvalue weighted by molar-refractivity contribution is 0.0293. The number of nitrogens with one attached hydrogen (secondary N) is 2. The summed E-state index contributed by atoms with van der Waals surface area (Å²) in [6, 6.07) is 3.75. The van der Waals surface area contributed by atoms with Crippen molar-refractivity contribution in [2.45, 2.75) is 24.5 Å². The van der Waals surface area contributed by atoms with Crippen LogP contribution in [0.25, 0.3) is 10.9 Å². The standard InChI is InChI=1S/C18H18ClN5O2/c1-24-8-9(6-21-24)17(25)22-16-11-4-18(26,5-12(11)16)14-2-10(19)3-15-13(14)7-20-23-15/h2-3,6-8,11-12,16,26H,4-5H2,1H3,(H,20,23)(H,22,25). The molecule has 3 aromatic rings. The van der Waals surface area contributed by atoms with E-state index in [0.29, 0.717) is 23.4 Å². The number of aliphatic hydroxyl groups is 1. The lowest BCUT2D eigenvalue weighted by atomic mass is 9.86. The van der Waals surface area contributed by atoms with Gasteiger partial charge in [-0.15, -0.1) is 0 Å². The molecule has 1 amide bonds. The molecule has 0 spiro atoms. The Morgan fingerprint density at radius 1 is 1.38 bits per heavy atom. The highest BCUT2D eigenvalue weighted by atomic mass is 35.5. The molecule has 134 valence electrons. The van der Waals surface area contributed by atoms with Crippen molar-refractivity contribution in [2.75, 3.05) is 0 Å². The summed E-state index contributed by atoms with van der Waals surface area (Å²) in [5.74, 6) is 0.448. The SMILES string of the molecule is Cn1cc(C(=O)NC2C3CC(O)(c4cc(Cl)cc5[nH]ncc45)CC32)cn1. The molecule has 26 heavy (non-hydrogen) atoms. The van der Waals surface area contributed by atoms with Crippen LogP contribution in [0.3, 0.4) is 0 Å². The van der Waals surface area contributed by atoms with Crippen LogP contribution in [0.4, 0.5) is 0 Å². The van der Waals surface area contributed by atoms with Crippen LogP contribution in [0.2, 0.25) is 5.02 Å². The van der Waals surface area contributed by atoms with Gasteiger partial charge in [0.1, 0.15) is 0 Å². The maximum Gasteiger partial charge on any atom is 0.254 e. The molecule has 1 aromatic carbocycles. The van der Waals surface area contributed by atoms with Crippen LogP contribution in [0.5, 0.6) is 0 Å². The fourth-order valence-electron chi connectivity index (χ4n) is 4.47.